The lowest BCUT2D eigenvalue weighted by atomic mass is 9.97. The molecule has 0 aliphatic rings. The van der Waals surface area contributed by atoms with Crippen LogP contribution in [-0.4, -0.2) is 16.8 Å². The fourth-order valence-electron chi connectivity index (χ4n) is 1.41. The first-order chi connectivity index (χ1) is 7.75. The van der Waals surface area contributed by atoms with Gasteiger partial charge in [0.2, 0.25) is 0 Å². The number of carbonyl (C=O) groups is 1. The molecule has 1 aromatic carbocycles. The van der Waals surface area contributed by atoms with Crippen LogP contribution in [0.1, 0.15) is 30.5 Å². The van der Waals surface area contributed by atoms with Crippen LogP contribution in [0.5, 0.6) is 0 Å². The van der Waals surface area contributed by atoms with Crippen molar-refractivity contribution in [1.29, 1.82) is 0 Å². The second-order valence-corrected chi connectivity index (χ2v) is 6.13. The summed E-state index contributed by atoms with van der Waals surface area (Å²) in [6, 6.07) is 4.18. The Bertz CT molecular complexity index is 436. The van der Waals surface area contributed by atoms with Crippen molar-refractivity contribution in [2.24, 2.45) is 5.41 Å². The molecule has 3 heteroatoms. The van der Waals surface area contributed by atoms with Crippen molar-refractivity contribution in [3.63, 3.8) is 0 Å². The highest BCUT2D eigenvalue weighted by atomic mass is 32.2. The SMILES string of the molecule is Cc1ccc(SCC(C)(C)C(=O)O)c(C)c1C. The lowest BCUT2D eigenvalue weighted by Crippen LogP contribution is -2.26. The second kappa shape index (κ2) is 5.13. The van der Waals surface area contributed by atoms with Crippen LogP contribution in [0.2, 0.25) is 0 Å². The predicted octanol–water partition coefficient (Wildman–Crippen LogP) is 3.81. The zero-order valence-corrected chi connectivity index (χ0v) is 11.9. The molecular formula is C14H20O2S. The highest BCUT2D eigenvalue weighted by Gasteiger charge is 2.27. The molecule has 0 radical (unpaired) electrons. The normalized spacial score (nSPS) is 11.6. The molecule has 0 saturated heterocycles. The van der Waals surface area contributed by atoms with E-state index in [4.69, 9.17) is 5.11 Å². The van der Waals surface area contributed by atoms with E-state index in [9.17, 15) is 4.79 Å². The zero-order valence-electron chi connectivity index (χ0n) is 11.1. The van der Waals surface area contributed by atoms with E-state index in [2.05, 4.69) is 32.9 Å². The summed E-state index contributed by atoms with van der Waals surface area (Å²) in [7, 11) is 0. The van der Waals surface area contributed by atoms with Gasteiger partial charge in [0.15, 0.2) is 0 Å². The van der Waals surface area contributed by atoms with Crippen LogP contribution in [0.3, 0.4) is 0 Å². The van der Waals surface area contributed by atoms with Gasteiger partial charge in [-0.25, -0.2) is 0 Å². The lowest BCUT2D eigenvalue weighted by Gasteiger charge is -2.19. The number of benzene rings is 1. The minimum atomic E-state index is -0.744. The minimum Gasteiger partial charge on any atom is -0.481 e. The molecule has 0 aliphatic carbocycles. The molecule has 94 valence electrons. The molecule has 0 fully saturated rings. The highest BCUT2D eigenvalue weighted by Crippen LogP contribution is 2.31. The Kier molecular flexibility index (Phi) is 4.26. The number of hydrogen-bond donors (Lipinski definition) is 1. The third-order valence-corrected chi connectivity index (χ3v) is 4.80. The molecule has 0 heterocycles. The van der Waals surface area contributed by atoms with E-state index in [1.165, 1.54) is 21.6 Å². The van der Waals surface area contributed by atoms with Gasteiger partial charge in [-0.1, -0.05) is 6.07 Å². The molecule has 0 amide bonds. The summed E-state index contributed by atoms with van der Waals surface area (Å²) < 4.78 is 0. The van der Waals surface area contributed by atoms with Gasteiger partial charge in [0, 0.05) is 10.6 Å². The van der Waals surface area contributed by atoms with Gasteiger partial charge in [0.25, 0.3) is 0 Å². The van der Waals surface area contributed by atoms with Crippen LogP contribution >= 0.6 is 11.8 Å². The molecule has 17 heavy (non-hydrogen) atoms. The van der Waals surface area contributed by atoms with Crippen molar-refractivity contribution < 1.29 is 9.90 Å². The quantitative estimate of drug-likeness (QED) is 0.828. The van der Waals surface area contributed by atoms with Gasteiger partial charge in [-0.15, -0.1) is 11.8 Å². The Morgan fingerprint density at radius 2 is 1.82 bits per heavy atom. The van der Waals surface area contributed by atoms with Crippen LogP contribution in [0.4, 0.5) is 0 Å². The van der Waals surface area contributed by atoms with Gasteiger partial charge in [-0.3, -0.25) is 4.79 Å². The molecule has 0 atom stereocenters. The summed E-state index contributed by atoms with van der Waals surface area (Å²) in [6.45, 7) is 9.82. The Labute approximate surface area is 107 Å². The monoisotopic (exact) mass is 252 g/mol. The molecule has 1 rings (SSSR count). The molecular weight excluding hydrogens is 232 g/mol. The number of thioether (sulfide) groups is 1. The molecule has 1 aromatic rings. The van der Waals surface area contributed by atoms with E-state index >= 15 is 0 Å². The second-order valence-electron chi connectivity index (χ2n) is 5.11. The van der Waals surface area contributed by atoms with Gasteiger partial charge < -0.3 is 5.11 Å². The van der Waals surface area contributed by atoms with E-state index in [-0.39, 0.29) is 0 Å². The fourth-order valence-corrected chi connectivity index (χ4v) is 2.58. The average molecular weight is 252 g/mol. The van der Waals surface area contributed by atoms with Gasteiger partial charge in [0.05, 0.1) is 5.41 Å². The molecule has 0 aliphatic heterocycles. The van der Waals surface area contributed by atoms with Crippen molar-refractivity contribution in [3.05, 3.63) is 28.8 Å². The third-order valence-electron chi connectivity index (χ3n) is 3.18. The maximum atomic E-state index is 11.0. The summed E-state index contributed by atoms with van der Waals surface area (Å²) in [5, 5.41) is 9.07. The van der Waals surface area contributed by atoms with E-state index in [1.54, 1.807) is 25.6 Å². The number of aryl methyl sites for hydroxylation is 1. The van der Waals surface area contributed by atoms with Crippen LogP contribution in [-0.2, 0) is 4.79 Å². The van der Waals surface area contributed by atoms with E-state index in [0.29, 0.717) is 5.75 Å². The van der Waals surface area contributed by atoms with Gasteiger partial charge in [-0.05, 0) is 57.4 Å². The fraction of sp³-hybridized carbons (Fsp3) is 0.500. The predicted molar refractivity (Wildman–Crippen MR) is 72.8 cm³/mol. The topological polar surface area (TPSA) is 37.3 Å². The van der Waals surface area contributed by atoms with Gasteiger partial charge in [0.1, 0.15) is 0 Å². The molecule has 1 N–H and O–H groups in total. The molecule has 2 nitrogen and oxygen atoms in total. The molecule has 0 aromatic heterocycles. The molecule has 0 saturated carbocycles. The Morgan fingerprint density at radius 1 is 1.24 bits per heavy atom. The first-order valence-corrected chi connectivity index (χ1v) is 6.67. The average Bonchev–Trinajstić information content (AvgIpc) is 2.25. The summed E-state index contributed by atoms with van der Waals surface area (Å²) in [4.78, 5) is 12.2. The maximum Gasteiger partial charge on any atom is 0.309 e. The van der Waals surface area contributed by atoms with E-state index in [1.807, 2.05) is 0 Å². The number of aliphatic carboxylic acids is 1. The van der Waals surface area contributed by atoms with Gasteiger partial charge in [-0.2, -0.15) is 0 Å². The van der Waals surface area contributed by atoms with Crippen molar-refractivity contribution in [3.8, 4) is 0 Å². The Morgan fingerprint density at radius 3 is 2.35 bits per heavy atom. The molecule has 0 spiro atoms. The van der Waals surface area contributed by atoms with Crippen molar-refractivity contribution in [2.75, 3.05) is 5.75 Å². The summed E-state index contributed by atoms with van der Waals surface area (Å²) >= 11 is 1.62. The van der Waals surface area contributed by atoms with E-state index < -0.39 is 11.4 Å². The zero-order chi connectivity index (χ0) is 13.2. The molecule has 0 unspecified atom stereocenters. The van der Waals surface area contributed by atoms with Crippen LogP contribution in [0.15, 0.2) is 17.0 Å². The van der Waals surface area contributed by atoms with Crippen LogP contribution in [0, 0.1) is 26.2 Å². The van der Waals surface area contributed by atoms with Crippen LogP contribution in [0.25, 0.3) is 0 Å². The third kappa shape index (κ3) is 3.25. The minimum absolute atomic E-state index is 0.589. The van der Waals surface area contributed by atoms with Crippen molar-refractivity contribution in [2.45, 2.75) is 39.5 Å². The lowest BCUT2D eigenvalue weighted by molar-refractivity contribution is -0.145. The highest BCUT2D eigenvalue weighted by molar-refractivity contribution is 7.99. The maximum absolute atomic E-state index is 11.0. The smallest absolute Gasteiger partial charge is 0.309 e. The number of hydrogen-bond acceptors (Lipinski definition) is 2. The van der Waals surface area contributed by atoms with Crippen LogP contribution < -0.4 is 0 Å². The first-order valence-electron chi connectivity index (χ1n) is 5.68. The van der Waals surface area contributed by atoms with Crippen molar-refractivity contribution >= 4 is 17.7 Å². The van der Waals surface area contributed by atoms with Crippen molar-refractivity contribution in [1.82, 2.24) is 0 Å². The largest absolute Gasteiger partial charge is 0.481 e. The number of carboxylic acids is 1. The Balaban J connectivity index is 2.84. The van der Waals surface area contributed by atoms with Gasteiger partial charge >= 0.3 is 5.97 Å². The Hall–Kier alpha value is -0.960. The molecule has 0 bridgehead atoms. The van der Waals surface area contributed by atoms with E-state index in [0.717, 1.165) is 0 Å². The first kappa shape index (κ1) is 14.1. The number of rotatable bonds is 4. The summed E-state index contributed by atoms with van der Waals surface area (Å²) in [6.07, 6.45) is 0. The standard InChI is InChI=1S/C14H20O2S/c1-9-6-7-12(11(3)10(9)2)17-8-14(4,5)13(15)16/h6-7H,8H2,1-5H3,(H,15,16). The summed E-state index contributed by atoms with van der Waals surface area (Å²) in [5.41, 5.74) is 3.15. The number of carboxylic acid groups (broad SMARTS) is 1. The summed E-state index contributed by atoms with van der Waals surface area (Å²) in [5.74, 6) is -0.155.